The number of hydrogen-bond donors (Lipinski definition) is 2. The summed E-state index contributed by atoms with van der Waals surface area (Å²) < 4.78 is 12.8. The second-order valence-corrected chi connectivity index (χ2v) is 17.1. The minimum atomic E-state index is -1.00. The molecule has 8 unspecified atom stereocenters. The van der Waals surface area contributed by atoms with Gasteiger partial charge in [0, 0.05) is 21.5 Å². The third-order valence-electron chi connectivity index (χ3n) is 12.0. The molecule has 0 aliphatic heterocycles. The monoisotopic (exact) mass is 678 g/mol. The van der Waals surface area contributed by atoms with Gasteiger partial charge in [0.25, 0.3) is 0 Å². The Morgan fingerprint density at radius 1 is 0.580 bits per heavy atom. The summed E-state index contributed by atoms with van der Waals surface area (Å²) in [5.74, 6) is -6.82. The van der Waals surface area contributed by atoms with E-state index < -0.39 is 47.5 Å². The van der Waals surface area contributed by atoms with Crippen molar-refractivity contribution in [3.05, 3.63) is 70.8 Å². The van der Waals surface area contributed by atoms with E-state index in [1.807, 2.05) is 62.4 Å². The van der Waals surface area contributed by atoms with Gasteiger partial charge in [-0.15, -0.1) is 0 Å². The van der Waals surface area contributed by atoms with Gasteiger partial charge in [-0.05, 0) is 84.5 Å². The zero-order valence-corrected chi connectivity index (χ0v) is 30.0. The first-order valence-electron chi connectivity index (χ1n) is 17.7. The summed E-state index contributed by atoms with van der Waals surface area (Å²) in [6.45, 7) is 16.3. The van der Waals surface area contributed by atoms with Crippen LogP contribution in [0.15, 0.2) is 59.7 Å². The summed E-state index contributed by atoms with van der Waals surface area (Å²) in [6.07, 6.45) is 5.24. The zero-order chi connectivity index (χ0) is 36.2. The van der Waals surface area contributed by atoms with Crippen LogP contribution >= 0.6 is 0 Å². The molecular weight excluding hydrogens is 632 g/mol. The highest BCUT2D eigenvalue weighted by Crippen LogP contribution is 2.54. The molecule has 0 radical (unpaired) electrons. The second-order valence-electron chi connectivity index (χ2n) is 17.1. The van der Waals surface area contributed by atoms with Gasteiger partial charge in [-0.3, -0.25) is 19.2 Å². The molecular formula is C42H46O8. The van der Waals surface area contributed by atoms with Crippen LogP contribution in [0.4, 0.5) is 0 Å². The Bertz CT molecular complexity index is 1910. The first kappa shape index (κ1) is 34.0. The van der Waals surface area contributed by atoms with E-state index in [0.717, 1.165) is 22.3 Å². The quantitative estimate of drug-likeness (QED) is 0.116. The van der Waals surface area contributed by atoms with Crippen LogP contribution in [0, 0.1) is 47.3 Å². The molecule has 4 bridgehead atoms. The number of esters is 2. The standard InChI is InChI=1S/C42H46O8/c1-19-13-21-15-27(19)33(37(43)44)31(21)39(47)49-35-25-11-9-24(42(6,7)8)18-30(25)36(26-12-10-23(17-29(26)35)41(3,4)5)50-40(48)32-22-14-20(2)28(16-22)34(32)38(45)46/h9-14,17-18,21-22,27-28,31-34H,15-16H2,1-8H3,(H,43,44)(H,45,46). The smallest absolute Gasteiger partial charge is 0.315 e. The van der Waals surface area contributed by atoms with Gasteiger partial charge in [0.15, 0.2) is 0 Å². The summed E-state index contributed by atoms with van der Waals surface area (Å²) in [7, 11) is 0. The number of carbonyl (C=O) groups is 4. The lowest BCUT2D eigenvalue weighted by molar-refractivity contribution is -0.152. The Hall–Kier alpha value is -4.46. The van der Waals surface area contributed by atoms with Crippen molar-refractivity contribution in [1.29, 1.82) is 0 Å². The van der Waals surface area contributed by atoms with Gasteiger partial charge in [0.1, 0.15) is 11.5 Å². The van der Waals surface area contributed by atoms with E-state index in [4.69, 9.17) is 9.47 Å². The number of fused-ring (bicyclic) bond motifs is 6. The highest BCUT2D eigenvalue weighted by Gasteiger charge is 2.56. The van der Waals surface area contributed by atoms with Crippen molar-refractivity contribution in [1.82, 2.24) is 0 Å². The number of carboxylic acid groups (broad SMARTS) is 2. The maximum atomic E-state index is 14.2. The first-order valence-corrected chi connectivity index (χ1v) is 17.7. The van der Waals surface area contributed by atoms with E-state index in [-0.39, 0.29) is 34.5 Å². The molecule has 2 N–H and O–H groups in total. The molecule has 0 aromatic heterocycles. The predicted molar refractivity (Wildman–Crippen MR) is 190 cm³/mol. The molecule has 8 heteroatoms. The fraction of sp³-hybridized carbons (Fsp3) is 0.476. The minimum absolute atomic E-state index is 0.203. The van der Waals surface area contributed by atoms with Crippen LogP contribution in [-0.4, -0.2) is 34.1 Å². The van der Waals surface area contributed by atoms with Crippen molar-refractivity contribution >= 4 is 45.4 Å². The Balaban J connectivity index is 1.42. The van der Waals surface area contributed by atoms with Crippen molar-refractivity contribution < 1.29 is 38.9 Å². The summed E-state index contributed by atoms with van der Waals surface area (Å²) >= 11 is 0. The van der Waals surface area contributed by atoms with Crippen LogP contribution in [0.1, 0.15) is 79.4 Å². The van der Waals surface area contributed by atoms with Crippen molar-refractivity contribution in [2.45, 2.75) is 79.1 Å². The van der Waals surface area contributed by atoms with Crippen LogP contribution in [0.25, 0.3) is 21.5 Å². The van der Waals surface area contributed by atoms with E-state index in [1.165, 1.54) is 0 Å². The fourth-order valence-corrected chi connectivity index (χ4v) is 9.35. The molecule has 7 rings (SSSR count). The lowest BCUT2D eigenvalue weighted by Crippen LogP contribution is -2.36. The molecule has 262 valence electrons. The van der Waals surface area contributed by atoms with Gasteiger partial charge >= 0.3 is 23.9 Å². The van der Waals surface area contributed by atoms with E-state index in [2.05, 4.69) is 41.5 Å². The summed E-state index contributed by atoms with van der Waals surface area (Å²) in [6, 6.07) is 11.6. The summed E-state index contributed by atoms with van der Waals surface area (Å²) in [5, 5.41) is 22.6. The van der Waals surface area contributed by atoms with Gasteiger partial charge < -0.3 is 19.7 Å². The number of allylic oxidation sites excluding steroid dienone is 4. The Morgan fingerprint density at radius 2 is 0.940 bits per heavy atom. The lowest BCUT2D eigenvalue weighted by Gasteiger charge is -2.28. The maximum absolute atomic E-state index is 14.2. The molecule has 0 saturated heterocycles. The molecule has 8 atom stereocenters. The molecule has 8 nitrogen and oxygen atoms in total. The van der Waals surface area contributed by atoms with Crippen LogP contribution in [-0.2, 0) is 30.0 Å². The molecule has 2 fully saturated rings. The van der Waals surface area contributed by atoms with Gasteiger partial charge in [0.05, 0.1) is 23.7 Å². The number of carbonyl (C=O) groups excluding carboxylic acids is 2. The highest BCUT2D eigenvalue weighted by molar-refractivity contribution is 6.13. The largest absolute Gasteiger partial charge is 0.481 e. The zero-order valence-electron chi connectivity index (χ0n) is 30.0. The topological polar surface area (TPSA) is 127 Å². The predicted octanol–water partition coefficient (Wildman–Crippen LogP) is 8.22. The summed E-state index contributed by atoms with van der Waals surface area (Å²) in [4.78, 5) is 53.4. The molecule has 0 spiro atoms. The van der Waals surface area contributed by atoms with Crippen molar-refractivity contribution in [3.8, 4) is 11.5 Å². The number of aliphatic carboxylic acids is 2. The maximum Gasteiger partial charge on any atom is 0.315 e. The van der Waals surface area contributed by atoms with Crippen molar-refractivity contribution in [2.24, 2.45) is 47.3 Å². The lowest BCUT2D eigenvalue weighted by atomic mass is 9.80. The number of hydrogen-bond acceptors (Lipinski definition) is 6. The average molecular weight is 679 g/mol. The molecule has 0 heterocycles. The molecule has 4 aliphatic rings. The number of carboxylic acids is 2. The molecule has 3 aromatic carbocycles. The van der Waals surface area contributed by atoms with Crippen molar-refractivity contribution in [3.63, 3.8) is 0 Å². The van der Waals surface area contributed by atoms with E-state index in [0.29, 0.717) is 45.9 Å². The Morgan fingerprint density at radius 3 is 1.26 bits per heavy atom. The van der Waals surface area contributed by atoms with Gasteiger partial charge in [-0.25, -0.2) is 0 Å². The van der Waals surface area contributed by atoms with E-state index >= 15 is 0 Å². The molecule has 4 aliphatic carbocycles. The molecule has 0 amide bonds. The van der Waals surface area contributed by atoms with Crippen LogP contribution in [0.3, 0.4) is 0 Å². The Labute approximate surface area is 292 Å². The van der Waals surface area contributed by atoms with Gasteiger partial charge in [-0.1, -0.05) is 89.1 Å². The molecule has 2 saturated carbocycles. The van der Waals surface area contributed by atoms with Crippen LogP contribution in [0.5, 0.6) is 11.5 Å². The van der Waals surface area contributed by atoms with E-state index in [1.54, 1.807) is 0 Å². The first-order chi connectivity index (χ1) is 23.4. The van der Waals surface area contributed by atoms with E-state index in [9.17, 15) is 29.4 Å². The number of rotatable bonds is 6. The summed E-state index contributed by atoms with van der Waals surface area (Å²) in [5.41, 5.74) is 3.38. The van der Waals surface area contributed by atoms with Crippen molar-refractivity contribution in [2.75, 3.05) is 0 Å². The Kier molecular flexibility index (Phi) is 7.85. The van der Waals surface area contributed by atoms with Crippen LogP contribution in [0.2, 0.25) is 0 Å². The third-order valence-corrected chi connectivity index (χ3v) is 12.0. The fourth-order valence-electron chi connectivity index (χ4n) is 9.35. The minimum Gasteiger partial charge on any atom is -0.481 e. The van der Waals surface area contributed by atoms with Gasteiger partial charge in [-0.2, -0.15) is 0 Å². The highest BCUT2D eigenvalue weighted by atomic mass is 16.5. The van der Waals surface area contributed by atoms with Crippen LogP contribution < -0.4 is 9.47 Å². The van der Waals surface area contributed by atoms with Gasteiger partial charge in [0.2, 0.25) is 0 Å². The molecule has 50 heavy (non-hydrogen) atoms. The average Bonchev–Trinajstić information content (AvgIpc) is 3.79. The molecule has 3 aromatic rings. The number of ether oxygens (including phenoxy) is 2. The second kappa shape index (κ2) is 11.5. The number of benzene rings is 3. The third kappa shape index (κ3) is 5.33. The SMILES string of the molecule is CC1=CC2CC1C(C(=O)O)C2C(=O)Oc1c2ccc(C(C)(C)C)cc2c(OC(=O)C2C3C=C(C)C(C3)C2C(=O)O)c2ccc(C(C)(C)C)cc12. The normalized spacial score (nSPS) is 28.6.